The van der Waals surface area contributed by atoms with Crippen molar-refractivity contribution in [3.8, 4) is 11.3 Å². The van der Waals surface area contributed by atoms with Crippen LogP contribution in [0, 0.1) is 0 Å². The van der Waals surface area contributed by atoms with Gasteiger partial charge in [0.25, 0.3) is 5.91 Å². The lowest BCUT2D eigenvalue weighted by Crippen LogP contribution is -2.18. The number of carbonyl (C=O) groups excluding carboxylic acids is 1. The maximum absolute atomic E-state index is 13.0. The molecule has 0 aliphatic carbocycles. The number of hydrazone groups is 1. The summed E-state index contributed by atoms with van der Waals surface area (Å²) in [4.78, 5) is 17.7. The highest BCUT2D eigenvalue weighted by molar-refractivity contribution is 6.30. The lowest BCUT2D eigenvalue weighted by atomic mass is 10.0. The Balaban J connectivity index is 1.61. The summed E-state index contributed by atoms with van der Waals surface area (Å²) in [5, 5.41) is 5.57. The molecule has 1 heterocycles. The van der Waals surface area contributed by atoms with Crippen molar-refractivity contribution in [3.63, 3.8) is 0 Å². The van der Waals surface area contributed by atoms with E-state index in [4.69, 9.17) is 16.6 Å². The molecule has 0 spiro atoms. The number of nitrogens with one attached hydrogen (secondary N) is 1. The maximum atomic E-state index is 13.0. The smallest absolute Gasteiger partial charge is 0.267 e. The Bertz CT molecular complexity index is 1250. The van der Waals surface area contributed by atoms with Crippen LogP contribution in [0.1, 0.15) is 41.3 Å². The van der Waals surface area contributed by atoms with E-state index < -0.39 is 0 Å². The van der Waals surface area contributed by atoms with Crippen LogP contribution in [0.25, 0.3) is 22.2 Å². The van der Waals surface area contributed by atoms with E-state index in [1.54, 1.807) is 12.3 Å². The average Bonchev–Trinajstić information content (AvgIpc) is 2.79. The Morgan fingerprint density at radius 3 is 2.42 bits per heavy atom. The Morgan fingerprint density at radius 1 is 1.00 bits per heavy atom. The summed E-state index contributed by atoms with van der Waals surface area (Å²) in [5.74, 6) is 0.185. The number of fused-ring (bicyclic) bond motifs is 1. The summed E-state index contributed by atoms with van der Waals surface area (Å²) in [7, 11) is 0. The highest BCUT2D eigenvalue weighted by Gasteiger charge is 2.13. The van der Waals surface area contributed by atoms with Gasteiger partial charge in [-0.05, 0) is 41.3 Å². The van der Waals surface area contributed by atoms with E-state index in [1.165, 1.54) is 5.56 Å². The van der Waals surface area contributed by atoms with Crippen molar-refractivity contribution in [1.29, 1.82) is 0 Å². The average molecular weight is 428 g/mol. The van der Waals surface area contributed by atoms with Crippen LogP contribution in [-0.4, -0.2) is 17.1 Å². The lowest BCUT2D eigenvalue weighted by Gasteiger charge is -2.09. The molecule has 4 aromatic rings. The number of carbonyl (C=O) groups is 1. The lowest BCUT2D eigenvalue weighted by molar-refractivity contribution is 0.0956. The molecule has 4 nitrogen and oxygen atoms in total. The molecule has 5 heteroatoms. The summed E-state index contributed by atoms with van der Waals surface area (Å²) >= 11 is 6.01. The fraction of sp³-hybridized carbons (Fsp3) is 0.115. The maximum Gasteiger partial charge on any atom is 0.272 e. The molecule has 31 heavy (non-hydrogen) atoms. The van der Waals surface area contributed by atoms with Gasteiger partial charge in [0.1, 0.15) is 0 Å². The second-order valence-electron chi connectivity index (χ2n) is 7.60. The van der Waals surface area contributed by atoms with Crippen molar-refractivity contribution >= 4 is 34.6 Å². The molecule has 0 saturated heterocycles. The first kappa shape index (κ1) is 20.8. The highest BCUT2D eigenvalue weighted by Crippen LogP contribution is 2.26. The first-order valence-electron chi connectivity index (χ1n) is 10.1. The van der Waals surface area contributed by atoms with Gasteiger partial charge in [0.15, 0.2) is 0 Å². The van der Waals surface area contributed by atoms with Crippen LogP contribution in [0.5, 0.6) is 0 Å². The summed E-state index contributed by atoms with van der Waals surface area (Å²) in [6.45, 7) is 4.31. The third-order valence-electron chi connectivity index (χ3n) is 5.08. The molecule has 0 radical (unpaired) electrons. The van der Waals surface area contributed by atoms with E-state index in [1.807, 2.05) is 60.7 Å². The minimum atomic E-state index is -0.288. The monoisotopic (exact) mass is 427 g/mol. The molecule has 0 aliphatic rings. The van der Waals surface area contributed by atoms with Gasteiger partial charge < -0.3 is 0 Å². The van der Waals surface area contributed by atoms with Gasteiger partial charge in [0.2, 0.25) is 0 Å². The number of nitrogens with zero attached hydrogens (tertiary/aromatic N) is 2. The van der Waals surface area contributed by atoms with E-state index in [0.717, 1.165) is 22.0 Å². The zero-order valence-electron chi connectivity index (χ0n) is 17.3. The predicted octanol–water partition coefficient (Wildman–Crippen LogP) is 6.44. The van der Waals surface area contributed by atoms with Crippen molar-refractivity contribution in [2.45, 2.75) is 19.8 Å². The topological polar surface area (TPSA) is 54.4 Å². The zero-order chi connectivity index (χ0) is 21.8. The van der Waals surface area contributed by atoms with Crippen molar-refractivity contribution in [2.75, 3.05) is 0 Å². The second-order valence-corrected chi connectivity index (χ2v) is 8.04. The number of pyridine rings is 1. The molecule has 4 rings (SSSR count). The number of amides is 1. The molecule has 0 unspecified atom stereocenters. The fourth-order valence-electron chi connectivity index (χ4n) is 3.32. The number of para-hydroxylation sites is 1. The highest BCUT2D eigenvalue weighted by atomic mass is 35.5. The van der Waals surface area contributed by atoms with Gasteiger partial charge >= 0.3 is 0 Å². The summed E-state index contributed by atoms with van der Waals surface area (Å²) in [5.41, 5.74) is 7.68. The Morgan fingerprint density at radius 2 is 1.71 bits per heavy atom. The first-order chi connectivity index (χ1) is 15.0. The van der Waals surface area contributed by atoms with Gasteiger partial charge in [-0.2, -0.15) is 5.10 Å². The first-order valence-corrected chi connectivity index (χ1v) is 10.5. The predicted molar refractivity (Wildman–Crippen MR) is 128 cm³/mol. The normalized spacial score (nSPS) is 11.4. The van der Waals surface area contributed by atoms with Gasteiger partial charge in [-0.1, -0.05) is 80.0 Å². The van der Waals surface area contributed by atoms with Crippen molar-refractivity contribution in [3.05, 3.63) is 101 Å². The number of benzene rings is 3. The number of halogens is 1. The van der Waals surface area contributed by atoms with Crippen LogP contribution in [0.4, 0.5) is 0 Å². The van der Waals surface area contributed by atoms with Gasteiger partial charge in [-0.3, -0.25) is 4.79 Å². The summed E-state index contributed by atoms with van der Waals surface area (Å²) in [6, 6.07) is 24.9. The number of hydrogen-bond donors (Lipinski definition) is 1. The number of aromatic nitrogens is 1. The molecule has 0 aliphatic heterocycles. The summed E-state index contributed by atoms with van der Waals surface area (Å²) in [6.07, 6.45) is 1.64. The standard InChI is InChI=1S/C26H22ClN3O/c1-17(2)19-9-7-18(8-10-19)16-28-30-26(31)23-15-25(20-11-13-21(27)14-12-20)29-24-6-4-3-5-22(23)24/h3-17H,1-2H3,(H,30,31). The van der Waals surface area contributed by atoms with E-state index in [0.29, 0.717) is 22.2 Å². The van der Waals surface area contributed by atoms with Gasteiger partial charge in [0.05, 0.1) is 23.0 Å². The molecule has 0 saturated carbocycles. The largest absolute Gasteiger partial charge is 0.272 e. The SMILES string of the molecule is CC(C)c1ccc(C=NNC(=O)c2cc(-c3ccc(Cl)cc3)nc3ccccc23)cc1. The summed E-state index contributed by atoms with van der Waals surface area (Å²) < 4.78 is 0. The van der Waals surface area contributed by atoms with Crippen LogP contribution in [0.15, 0.2) is 84.0 Å². The number of rotatable bonds is 5. The van der Waals surface area contributed by atoms with E-state index in [2.05, 4.69) is 36.5 Å². The van der Waals surface area contributed by atoms with E-state index >= 15 is 0 Å². The third-order valence-corrected chi connectivity index (χ3v) is 5.34. The quantitative estimate of drug-likeness (QED) is 0.294. The molecule has 0 fully saturated rings. The molecular weight excluding hydrogens is 406 g/mol. The second kappa shape index (κ2) is 9.11. The Labute approximate surface area is 186 Å². The van der Waals surface area contributed by atoms with Crippen molar-refractivity contribution < 1.29 is 4.79 Å². The molecule has 1 N–H and O–H groups in total. The van der Waals surface area contributed by atoms with Crippen LogP contribution in [0.3, 0.4) is 0 Å². The van der Waals surface area contributed by atoms with E-state index in [9.17, 15) is 4.79 Å². The minimum Gasteiger partial charge on any atom is -0.267 e. The van der Waals surface area contributed by atoms with Crippen LogP contribution >= 0.6 is 11.6 Å². The third kappa shape index (κ3) is 4.81. The molecular formula is C26H22ClN3O. The molecule has 1 amide bonds. The van der Waals surface area contributed by atoms with Crippen molar-refractivity contribution in [1.82, 2.24) is 10.4 Å². The van der Waals surface area contributed by atoms with Gasteiger partial charge in [-0.15, -0.1) is 0 Å². The molecule has 0 bridgehead atoms. The molecule has 3 aromatic carbocycles. The zero-order valence-corrected chi connectivity index (χ0v) is 18.1. The molecule has 1 aromatic heterocycles. The molecule has 0 atom stereocenters. The van der Waals surface area contributed by atoms with Crippen LogP contribution < -0.4 is 5.43 Å². The van der Waals surface area contributed by atoms with Crippen LogP contribution in [-0.2, 0) is 0 Å². The Kier molecular flexibility index (Phi) is 6.10. The minimum absolute atomic E-state index is 0.288. The van der Waals surface area contributed by atoms with E-state index in [-0.39, 0.29) is 5.91 Å². The van der Waals surface area contributed by atoms with Crippen molar-refractivity contribution in [2.24, 2.45) is 5.10 Å². The van der Waals surface area contributed by atoms with Gasteiger partial charge in [0, 0.05) is 16.0 Å². The molecule has 154 valence electrons. The Hall–Kier alpha value is -3.50. The fourth-order valence-corrected chi connectivity index (χ4v) is 3.45. The number of hydrogen-bond acceptors (Lipinski definition) is 3. The van der Waals surface area contributed by atoms with Crippen LogP contribution in [0.2, 0.25) is 5.02 Å². The van der Waals surface area contributed by atoms with Gasteiger partial charge in [-0.25, -0.2) is 10.4 Å².